The van der Waals surface area contributed by atoms with E-state index in [4.69, 9.17) is 4.42 Å². The summed E-state index contributed by atoms with van der Waals surface area (Å²) in [5, 5.41) is 7.45. The molecule has 0 bridgehead atoms. The number of aryl methyl sites for hydroxylation is 5. The Bertz CT molecular complexity index is 6050. The van der Waals surface area contributed by atoms with Gasteiger partial charge in [-0.25, -0.2) is 0 Å². The first-order chi connectivity index (χ1) is 51.1. The van der Waals surface area contributed by atoms with Gasteiger partial charge in [-0.2, -0.15) is 22.7 Å². The number of rotatable bonds is 7. The van der Waals surface area contributed by atoms with Crippen molar-refractivity contribution in [2.24, 2.45) is 0 Å². The van der Waals surface area contributed by atoms with Crippen LogP contribution in [-0.4, -0.2) is 29.9 Å². The smallest absolute Gasteiger partial charge is 0.120 e. The Morgan fingerprint density at radius 1 is 0.296 bits per heavy atom. The molecular formula is C95H68Ir4N6OS2-6. The average Bonchev–Trinajstić information content (AvgIpc) is 1.64. The molecule has 0 spiro atoms. The summed E-state index contributed by atoms with van der Waals surface area (Å²) in [4.78, 5) is 26.5. The molecule has 0 N–H and O–H groups in total. The third-order valence-corrected chi connectivity index (χ3v) is 19.6. The van der Waals surface area contributed by atoms with E-state index in [0.29, 0.717) is 0 Å². The number of para-hydroxylation sites is 1. The molecular weight excluding hydrogens is 2070 g/mol. The fourth-order valence-electron chi connectivity index (χ4n) is 12.0. The van der Waals surface area contributed by atoms with Crippen LogP contribution in [0.4, 0.5) is 0 Å². The molecule has 9 heterocycles. The van der Waals surface area contributed by atoms with Crippen molar-refractivity contribution < 1.29 is 84.8 Å². The SMILES string of the molecule is Cc1cc(-c2[c-]cccc2)ncc1-c1ccccc1.Cc1ccc(-c2[c-]ccc3c2oc2ccccc23)nc1.Cc1ccc(-c2[c-]cccc2)nc1.Cc1cccnc1-c1[c-]cccc1.Cc1ccnc(-c2[c-]cc3sc4ccccc4c3c2)c1.[Ir].[Ir].[Ir].[Ir].[c-]1cc2sc3ccccc3c2cc1-c1ccccn1. The van der Waals surface area contributed by atoms with Gasteiger partial charge in [0.2, 0.25) is 0 Å². The molecule has 0 amide bonds. The number of aromatic nitrogens is 6. The van der Waals surface area contributed by atoms with E-state index in [2.05, 4.69) is 208 Å². The summed E-state index contributed by atoms with van der Waals surface area (Å²) >= 11 is 3.63. The van der Waals surface area contributed by atoms with Gasteiger partial charge in [0.15, 0.2) is 0 Å². The Morgan fingerprint density at radius 3 is 1.39 bits per heavy atom. The summed E-state index contributed by atoms with van der Waals surface area (Å²) in [7, 11) is 0. The third kappa shape index (κ3) is 19.8. The van der Waals surface area contributed by atoms with Crippen LogP contribution < -0.4 is 0 Å². The zero-order valence-electron chi connectivity index (χ0n) is 59.3. The minimum Gasteiger partial charge on any atom is -0.501 e. The van der Waals surface area contributed by atoms with Crippen molar-refractivity contribution in [2.75, 3.05) is 0 Å². The largest absolute Gasteiger partial charge is 0.501 e. The van der Waals surface area contributed by atoms with Gasteiger partial charge in [0.1, 0.15) is 5.58 Å². The average molecular weight is 2140 g/mol. The number of pyridine rings is 6. The van der Waals surface area contributed by atoms with Crippen LogP contribution in [0.5, 0.6) is 0 Å². The van der Waals surface area contributed by atoms with Crippen molar-refractivity contribution in [3.8, 4) is 78.7 Å². The van der Waals surface area contributed by atoms with E-state index in [1.165, 1.54) is 73.7 Å². The predicted octanol–water partition coefficient (Wildman–Crippen LogP) is 25.1. The van der Waals surface area contributed by atoms with Crippen LogP contribution in [0.2, 0.25) is 0 Å². The Kier molecular flexibility index (Phi) is 29.2. The van der Waals surface area contributed by atoms with Crippen LogP contribution in [0, 0.1) is 71.0 Å². The Morgan fingerprint density at radius 2 is 0.815 bits per heavy atom. The molecule has 538 valence electrons. The van der Waals surface area contributed by atoms with Gasteiger partial charge in [0.05, 0.1) is 5.58 Å². The molecule has 19 rings (SSSR count). The third-order valence-electron chi connectivity index (χ3n) is 17.3. The van der Waals surface area contributed by atoms with Crippen LogP contribution in [-0.2, 0) is 80.4 Å². The molecule has 0 saturated heterocycles. The monoisotopic (exact) mass is 2140 g/mol. The van der Waals surface area contributed by atoms with Crippen molar-refractivity contribution in [3.05, 3.63) is 387 Å². The first-order valence-electron chi connectivity index (χ1n) is 34.2. The number of fused-ring (bicyclic) bond motifs is 9. The summed E-state index contributed by atoms with van der Waals surface area (Å²) in [6.07, 6.45) is 11.2. The van der Waals surface area contributed by atoms with Crippen LogP contribution in [0.25, 0.3) is 141 Å². The Labute approximate surface area is 692 Å². The van der Waals surface area contributed by atoms with Crippen molar-refractivity contribution in [2.45, 2.75) is 34.6 Å². The molecule has 4 radical (unpaired) electrons. The Balaban J connectivity index is 0.000000138. The summed E-state index contributed by atoms with van der Waals surface area (Å²) in [6, 6.07) is 115. The number of nitrogens with zero attached hydrogens (tertiary/aromatic N) is 6. The minimum absolute atomic E-state index is 0. The topological polar surface area (TPSA) is 90.5 Å². The van der Waals surface area contributed by atoms with E-state index >= 15 is 0 Å². The van der Waals surface area contributed by atoms with Crippen molar-refractivity contribution in [1.29, 1.82) is 0 Å². The normalized spacial score (nSPS) is 10.3. The second-order valence-electron chi connectivity index (χ2n) is 24.8. The molecule has 19 aromatic rings. The number of hydrogen-bond donors (Lipinski definition) is 0. The van der Waals surface area contributed by atoms with Crippen LogP contribution >= 0.6 is 22.7 Å². The van der Waals surface area contributed by atoms with Crippen LogP contribution in [0.3, 0.4) is 0 Å². The number of thiophene rings is 2. The first-order valence-corrected chi connectivity index (χ1v) is 35.8. The van der Waals surface area contributed by atoms with Gasteiger partial charge in [-0.15, -0.1) is 173 Å². The standard InChI is InChI=1S/C18H12NO.C18H12NS.C18H14N.C17H10NS.2C12H10N.4Ir/c1-12-9-10-16(19-11-12)15-7-4-6-14-13-5-2-3-8-17(13)20-18(14)15;1-12-8-9-19-16(10-12)13-6-7-18-15(11-13)14-4-2-3-5-17(14)20-18;1-14-12-18(16-10-6-3-7-11-16)19-13-17(14)15-8-4-2-5-9-15;1-2-7-16-13(5-1)14-11-12(8-9-17(14)19-16)15-6-3-4-10-18-15;1-10-6-5-9-13-12(10)11-7-3-2-4-8-11;1-10-7-8-12(13-9-10)11-5-3-2-4-6-11;;;;/h2-6,8-11H,1H3;2-5,7-11H,1H3;2-10,12-13H,1H3;1-7,9-11H;2-7,9H,1H3;2-5,7-9H,1H3;;;;/q6*-1;;;;. The maximum Gasteiger partial charge on any atom is 0.120 e. The Hall–Kier alpha value is -10.1. The summed E-state index contributed by atoms with van der Waals surface area (Å²) < 4.78 is 11.2. The van der Waals surface area contributed by atoms with Crippen molar-refractivity contribution >= 4 is 85.0 Å². The fraction of sp³-hybridized carbons (Fsp3) is 0.0526. The van der Waals surface area contributed by atoms with E-state index in [-0.39, 0.29) is 80.4 Å². The molecule has 0 aliphatic carbocycles. The van der Waals surface area contributed by atoms with Crippen molar-refractivity contribution in [3.63, 3.8) is 0 Å². The molecule has 0 aliphatic rings. The zero-order chi connectivity index (χ0) is 71.0. The van der Waals surface area contributed by atoms with E-state index in [9.17, 15) is 0 Å². The van der Waals surface area contributed by atoms with E-state index in [1.807, 2.05) is 237 Å². The maximum absolute atomic E-state index is 6.00. The number of benzene rings is 10. The summed E-state index contributed by atoms with van der Waals surface area (Å²) in [5.74, 6) is 0. The molecule has 9 aromatic heterocycles. The number of furan rings is 1. The van der Waals surface area contributed by atoms with E-state index in [1.54, 1.807) is 0 Å². The summed E-state index contributed by atoms with van der Waals surface area (Å²) in [6.45, 7) is 10.3. The molecule has 0 unspecified atom stereocenters. The van der Waals surface area contributed by atoms with Crippen LogP contribution in [0.15, 0.2) is 327 Å². The predicted molar refractivity (Wildman–Crippen MR) is 433 cm³/mol. The molecule has 0 saturated carbocycles. The van der Waals surface area contributed by atoms with Gasteiger partial charge >= 0.3 is 0 Å². The van der Waals surface area contributed by atoms with Gasteiger partial charge in [-0.1, -0.05) is 172 Å². The van der Waals surface area contributed by atoms with Crippen molar-refractivity contribution in [1.82, 2.24) is 29.9 Å². The zero-order valence-corrected chi connectivity index (χ0v) is 70.6. The van der Waals surface area contributed by atoms with Gasteiger partial charge in [-0.3, -0.25) is 0 Å². The molecule has 10 aromatic carbocycles. The molecule has 0 aliphatic heterocycles. The van der Waals surface area contributed by atoms with Crippen LogP contribution in [0.1, 0.15) is 27.8 Å². The van der Waals surface area contributed by atoms with E-state index in [0.717, 1.165) is 95.0 Å². The quantitative estimate of drug-likeness (QED) is 0.147. The molecule has 0 atom stereocenters. The van der Waals surface area contributed by atoms with Gasteiger partial charge in [0.25, 0.3) is 0 Å². The van der Waals surface area contributed by atoms with Gasteiger partial charge < -0.3 is 34.3 Å². The second kappa shape index (κ2) is 39.2. The minimum atomic E-state index is 0. The maximum atomic E-state index is 6.00. The second-order valence-corrected chi connectivity index (χ2v) is 26.9. The molecule has 7 nitrogen and oxygen atoms in total. The molecule has 108 heavy (non-hydrogen) atoms. The van der Waals surface area contributed by atoms with Gasteiger partial charge in [0, 0.05) is 138 Å². The van der Waals surface area contributed by atoms with E-state index < -0.39 is 0 Å². The molecule has 13 heteroatoms. The number of hydrogen-bond acceptors (Lipinski definition) is 9. The first kappa shape index (κ1) is 80.5. The molecule has 0 fully saturated rings. The fourth-order valence-corrected chi connectivity index (χ4v) is 14.1. The summed E-state index contributed by atoms with van der Waals surface area (Å²) in [5.41, 5.74) is 22.1. The van der Waals surface area contributed by atoms with Gasteiger partial charge in [-0.05, 0) is 148 Å².